The Bertz CT molecular complexity index is 743. The Hall–Kier alpha value is -2.05. The fourth-order valence-corrected chi connectivity index (χ4v) is 3.28. The van der Waals surface area contributed by atoms with Crippen molar-refractivity contribution in [2.45, 2.75) is 57.7 Å². The lowest BCUT2D eigenvalue weighted by Crippen LogP contribution is -2.35. The van der Waals surface area contributed by atoms with Gasteiger partial charge in [0, 0.05) is 12.2 Å². The molecule has 1 aliphatic rings. The lowest BCUT2D eigenvalue weighted by atomic mass is 10.1. The number of pyridine rings is 1. The lowest BCUT2D eigenvalue weighted by molar-refractivity contribution is -0.137. The van der Waals surface area contributed by atoms with Gasteiger partial charge in [-0.3, -0.25) is 9.20 Å². The number of halogens is 3. The Morgan fingerprint density at radius 2 is 1.88 bits per heavy atom. The van der Waals surface area contributed by atoms with E-state index in [1.807, 2.05) is 0 Å². The summed E-state index contributed by atoms with van der Waals surface area (Å²) in [5, 5.41) is 2.97. The number of carbonyl (C=O) groups is 1. The van der Waals surface area contributed by atoms with E-state index in [1.54, 1.807) is 6.92 Å². The third kappa shape index (κ3) is 3.39. The van der Waals surface area contributed by atoms with Gasteiger partial charge in [0.05, 0.1) is 11.3 Å². The maximum Gasteiger partial charge on any atom is 0.417 e. The van der Waals surface area contributed by atoms with E-state index in [1.165, 1.54) is 10.5 Å². The summed E-state index contributed by atoms with van der Waals surface area (Å²) in [6.45, 7) is 1.64. The molecule has 7 heteroatoms. The van der Waals surface area contributed by atoms with Gasteiger partial charge in [0.15, 0.2) is 0 Å². The van der Waals surface area contributed by atoms with E-state index in [4.69, 9.17) is 0 Å². The highest BCUT2D eigenvalue weighted by molar-refractivity contribution is 5.94. The van der Waals surface area contributed by atoms with Gasteiger partial charge in [-0.15, -0.1) is 0 Å². The molecule has 2 aromatic heterocycles. The normalized spacial score (nSPS) is 17.0. The van der Waals surface area contributed by atoms with Crippen molar-refractivity contribution >= 4 is 11.6 Å². The first-order valence-electron chi connectivity index (χ1n) is 8.23. The molecule has 24 heavy (non-hydrogen) atoms. The highest BCUT2D eigenvalue weighted by atomic mass is 19.4. The van der Waals surface area contributed by atoms with Crippen molar-refractivity contribution in [3.63, 3.8) is 0 Å². The van der Waals surface area contributed by atoms with Crippen LogP contribution < -0.4 is 5.32 Å². The minimum Gasteiger partial charge on any atom is -0.348 e. The van der Waals surface area contributed by atoms with E-state index >= 15 is 0 Å². The number of imidazole rings is 1. The first-order chi connectivity index (χ1) is 11.4. The van der Waals surface area contributed by atoms with Crippen LogP contribution in [0.1, 0.15) is 60.3 Å². The van der Waals surface area contributed by atoms with Crippen LogP contribution in [0, 0.1) is 6.92 Å². The molecular formula is C17H20F3N3O. The van der Waals surface area contributed by atoms with Crippen LogP contribution in [0.25, 0.3) is 5.65 Å². The van der Waals surface area contributed by atoms with Crippen LogP contribution in [0.3, 0.4) is 0 Å². The van der Waals surface area contributed by atoms with Gasteiger partial charge >= 0.3 is 6.18 Å². The van der Waals surface area contributed by atoms with E-state index in [0.717, 1.165) is 50.8 Å². The second-order valence-corrected chi connectivity index (χ2v) is 6.35. The average Bonchev–Trinajstić information content (AvgIpc) is 2.66. The molecule has 0 radical (unpaired) electrons. The topological polar surface area (TPSA) is 46.4 Å². The van der Waals surface area contributed by atoms with Gasteiger partial charge in [0.2, 0.25) is 0 Å². The van der Waals surface area contributed by atoms with E-state index in [-0.39, 0.29) is 17.6 Å². The zero-order chi connectivity index (χ0) is 17.3. The van der Waals surface area contributed by atoms with Gasteiger partial charge in [-0.2, -0.15) is 13.2 Å². The lowest BCUT2D eigenvalue weighted by Gasteiger charge is -2.16. The maximum absolute atomic E-state index is 12.9. The molecule has 2 heterocycles. The number of carbonyl (C=O) groups excluding carboxylic acids is 1. The van der Waals surface area contributed by atoms with Crippen molar-refractivity contribution < 1.29 is 18.0 Å². The van der Waals surface area contributed by atoms with Crippen LogP contribution in [0.15, 0.2) is 18.3 Å². The number of fused-ring (bicyclic) bond motifs is 1. The fraction of sp³-hybridized carbons (Fsp3) is 0.529. The standard InChI is InChI=1S/C17H20F3N3O/c1-11-15(16(24)22-13-6-4-2-3-5-7-13)23-10-12(17(18,19)20)8-9-14(23)21-11/h8-10,13H,2-7H2,1H3,(H,22,24). The Morgan fingerprint density at radius 1 is 1.21 bits per heavy atom. The number of rotatable bonds is 2. The molecule has 2 aromatic rings. The van der Waals surface area contributed by atoms with Crippen molar-refractivity contribution in [2.75, 3.05) is 0 Å². The zero-order valence-electron chi connectivity index (χ0n) is 13.5. The maximum atomic E-state index is 12.9. The van der Waals surface area contributed by atoms with Crippen molar-refractivity contribution in [1.29, 1.82) is 0 Å². The van der Waals surface area contributed by atoms with Gasteiger partial charge in [0.1, 0.15) is 11.3 Å². The number of alkyl halides is 3. The van der Waals surface area contributed by atoms with Crippen LogP contribution in [-0.2, 0) is 6.18 Å². The Kier molecular flexibility index (Phi) is 4.51. The Morgan fingerprint density at radius 3 is 2.50 bits per heavy atom. The molecule has 0 unspecified atom stereocenters. The number of nitrogens with one attached hydrogen (secondary N) is 1. The number of hydrogen-bond acceptors (Lipinski definition) is 2. The molecule has 1 aliphatic carbocycles. The molecule has 0 bridgehead atoms. The van der Waals surface area contributed by atoms with Crippen LogP contribution in [0.5, 0.6) is 0 Å². The molecule has 4 nitrogen and oxygen atoms in total. The van der Waals surface area contributed by atoms with Crippen LogP contribution in [0.2, 0.25) is 0 Å². The molecule has 1 N–H and O–H groups in total. The fourth-order valence-electron chi connectivity index (χ4n) is 3.28. The number of aryl methyl sites for hydroxylation is 1. The predicted molar refractivity (Wildman–Crippen MR) is 83.9 cm³/mol. The molecule has 0 saturated heterocycles. The number of amides is 1. The van der Waals surface area contributed by atoms with Crippen molar-refractivity contribution in [3.05, 3.63) is 35.3 Å². The molecule has 1 amide bonds. The molecule has 3 rings (SSSR count). The molecule has 130 valence electrons. The average molecular weight is 339 g/mol. The van der Waals surface area contributed by atoms with Gasteiger partial charge in [-0.25, -0.2) is 4.98 Å². The molecule has 0 aromatic carbocycles. The minimum atomic E-state index is -4.46. The summed E-state index contributed by atoms with van der Waals surface area (Å²) in [6, 6.07) is 2.35. The first kappa shape index (κ1) is 16.8. The van der Waals surface area contributed by atoms with Gasteiger partial charge in [-0.1, -0.05) is 25.7 Å². The zero-order valence-corrected chi connectivity index (χ0v) is 13.5. The third-order valence-corrected chi connectivity index (χ3v) is 4.53. The smallest absolute Gasteiger partial charge is 0.348 e. The van der Waals surface area contributed by atoms with Crippen LogP contribution >= 0.6 is 0 Å². The SMILES string of the molecule is Cc1nc2ccc(C(F)(F)F)cn2c1C(=O)NC1CCCCCC1. The van der Waals surface area contributed by atoms with Crippen molar-refractivity contribution in [1.82, 2.24) is 14.7 Å². The highest BCUT2D eigenvalue weighted by Crippen LogP contribution is 2.30. The van der Waals surface area contributed by atoms with Gasteiger partial charge in [0.25, 0.3) is 5.91 Å². The molecular weight excluding hydrogens is 319 g/mol. The van der Waals surface area contributed by atoms with Gasteiger partial charge in [-0.05, 0) is 31.9 Å². The molecule has 1 fully saturated rings. The van der Waals surface area contributed by atoms with Gasteiger partial charge < -0.3 is 5.32 Å². The van der Waals surface area contributed by atoms with E-state index < -0.39 is 11.7 Å². The van der Waals surface area contributed by atoms with E-state index in [9.17, 15) is 18.0 Å². The van der Waals surface area contributed by atoms with Crippen molar-refractivity contribution in [2.24, 2.45) is 0 Å². The largest absolute Gasteiger partial charge is 0.417 e. The number of hydrogen-bond donors (Lipinski definition) is 1. The van der Waals surface area contributed by atoms with Crippen LogP contribution in [0.4, 0.5) is 13.2 Å². The van der Waals surface area contributed by atoms with Crippen LogP contribution in [-0.4, -0.2) is 21.3 Å². The summed E-state index contributed by atoms with van der Waals surface area (Å²) in [5.74, 6) is -0.355. The van der Waals surface area contributed by atoms with E-state index in [0.29, 0.717) is 11.3 Å². The highest BCUT2D eigenvalue weighted by Gasteiger charge is 2.31. The quantitative estimate of drug-likeness (QED) is 0.837. The monoisotopic (exact) mass is 339 g/mol. The first-order valence-corrected chi connectivity index (χ1v) is 8.23. The Labute approximate surface area is 138 Å². The summed E-state index contributed by atoms with van der Waals surface area (Å²) < 4.78 is 40.1. The molecule has 0 aliphatic heterocycles. The van der Waals surface area contributed by atoms with Crippen molar-refractivity contribution in [3.8, 4) is 0 Å². The predicted octanol–water partition coefficient (Wildman–Crippen LogP) is 4.11. The van der Waals surface area contributed by atoms with E-state index in [2.05, 4.69) is 10.3 Å². The number of nitrogens with zero attached hydrogens (tertiary/aromatic N) is 2. The number of aromatic nitrogens is 2. The Balaban J connectivity index is 1.92. The summed E-state index contributed by atoms with van der Waals surface area (Å²) in [7, 11) is 0. The molecule has 0 atom stereocenters. The summed E-state index contributed by atoms with van der Waals surface area (Å²) >= 11 is 0. The third-order valence-electron chi connectivity index (χ3n) is 4.53. The molecule has 1 saturated carbocycles. The summed E-state index contributed by atoms with van der Waals surface area (Å²) in [4.78, 5) is 16.8. The summed E-state index contributed by atoms with van der Waals surface area (Å²) in [5.41, 5.74) is 0.156. The second-order valence-electron chi connectivity index (χ2n) is 6.35. The minimum absolute atomic E-state index is 0.0794. The summed E-state index contributed by atoms with van der Waals surface area (Å²) in [6.07, 6.45) is 2.76. The molecule has 0 spiro atoms. The second kappa shape index (κ2) is 6.45.